The molecule has 0 N–H and O–H groups in total. The molecule has 8 heteroatoms. The van der Waals surface area contributed by atoms with Crippen molar-refractivity contribution in [3.05, 3.63) is 24.3 Å². The Morgan fingerprint density at radius 2 is 1.90 bits per heavy atom. The molecule has 0 amide bonds. The number of sulfone groups is 1. The number of hydrogen-bond donors (Lipinski definition) is 0. The Hall–Kier alpha value is -0.890. The average molecular weight is 339 g/mol. The van der Waals surface area contributed by atoms with E-state index in [1.54, 1.807) is 11.8 Å². The van der Waals surface area contributed by atoms with Crippen molar-refractivity contribution in [2.24, 2.45) is 0 Å². The second-order valence-corrected chi connectivity index (χ2v) is 7.74. The fourth-order valence-corrected chi connectivity index (χ4v) is 3.98. The summed E-state index contributed by atoms with van der Waals surface area (Å²) >= 11 is 1.72. The van der Waals surface area contributed by atoms with E-state index in [1.165, 1.54) is 12.1 Å². The van der Waals surface area contributed by atoms with Gasteiger partial charge < -0.3 is 4.90 Å². The van der Waals surface area contributed by atoms with E-state index in [4.69, 9.17) is 0 Å². The lowest BCUT2D eigenvalue weighted by Gasteiger charge is -2.26. The largest absolute Gasteiger partial charge is 0.501 e. The van der Waals surface area contributed by atoms with Crippen LogP contribution in [0.3, 0.4) is 0 Å². The number of benzene rings is 1. The number of alkyl halides is 3. The van der Waals surface area contributed by atoms with Crippen LogP contribution >= 0.6 is 11.8 Å². The van der Waals surface area contributed by atoms with E-state index in [9.17, 15) is 21.6 Å². The molecule has 1 aromatic carbocycles. The van der Waals surface area contributed by atoms with Gasteiger partial charge in [-0.05, 0) is 43.4 Å². The van der Waals surface area contributed by atoms with Crippen LogP contribution in [-0.4, -0.2) is 38.5 Å². The maximum atomic E-state index is 12.5. The number of rotatable bonds is 4. The molecule has 0 bridgehead atoms. The molecule has 1 aromatic rings. The molecule has 0 radical (unpaired) electrons. The molecule has 1 aliphatic heterocycles. The third-order valence-electron chi connectivity index (χ3n) is 3.52. The first-order valence-electron chi connectivity index (χ1n) is 6.44. The summed E-state index contributed by atoms with van der Waals surface area (Å²) in [4.78, 5) is 1.42. The van der Waals surface area contributed by atoms with E-state index in [-0.39, 0.29) is 0 Å². The summed E-state index contributed by atoms with van der Waals surface area (Å²) in [7, 11) is -5.26. The van der Waals surface area contributed by atoms with E-state index in [0.717, 1.165) is 43.0 Å². The van der Waals surface area contributed by atoms with Crippen LogP contribution in [0.15, 0.2) is 29.2 Å². The lowest BCUT2D eigenvalue weighted by Crippen LogP contribution is -2.31. The summed E-state index contributed by atoms with van der Waals surface area (Å²) in [6.07, 6.45) is 4.09. The summed E-state index contributed by atoms with van der Waals surface area (Å²) in [6, 6.07) is 5.33. The molecule has 3 nitrogen and oxygen atoms in total. The Morgan fingerprint density at radius 1 is 1.29 bits per heavy atom. The lowest BCUT2D eigenvalue weighted by molar-refractivity contribution is -0.0436. The molecule has 1 unspecified atom stereocenters. The highest BCUT2D eigenvalue weighted by molar-refractivity contribution is 7.98. The standard InChI is InChI=1S/C13H16F3NO2S2/c1-20-9-11-3-2-8-17(11)10-4-6-12(7-5-10)21(18,19)13(14,15)16/h4-7,11H,2-3,8-9H2,1H3. The number of nitrogens with zero attached hydrogens (tertiary/aromatic N) is 1. The van der Waals surface area contributed by atoms with Gasteiger partial charge in [0.05, 0.1) is 4.90 Å². The monoisotopic (exact) mass is 339 g/mol. The molecule has 0 spiro atoms. The minimum absolute atomic E-state index is 0.352. The summed E-state index contributed by atoms with van der Waals surface area (Å²) < 4.78 is 60.1. The average Bonchev–Trinajstić information content (AvgIpc) is 2.86. The van der Waals surface area contributed by atoms with Gasteiger partial charge in [-0.1, -0.05) is 0 Å². The fourth-order valence-electron chi connectivity index (χ4n) is 2.49. The van der Waals surface area contributed by atoms with E-state index in [2.05, 4.69) is 4.90 Å². The molecule has 1 heterocycles. The second-order valence-electron chi connectivity index (χ2n) is 4.89. The molecule has 0 aromatic heterocycles. The zero-order chi connectivity index (χ0) is 15.7. The number of thioether (sulfide) groups is 1. The molecule has 0 aliphatic carbocycles. The Morgan fingerprint density at radius 3 is 2.43 bits per heavy atom. The van der Waals surface area contributed by atoms with Gasteiger partial charge in [0.15, 0.2) is 0 Å². The first kappa shape index (κ1) is 16.5. The second kappa shape index (κ2) is 6.08. The quantitative estimate of drug-likeness (QED) is 0.843. The highest BCUT2D eigenvalue weighted by Gasteiger charge is 2.46. The Bertz CT molecular complexity index is 584. The van der Waals surface area contributed by atoms with Gasteiger partial charge in [-0.3, -0.25) is 0 Å². The normalized spacial score (nSPS) is 20.0. The first-order valence-corrected chi connectivity index (χ1v) is 9.32. The Balaban J connectivity index is 2.24. The van der Waals surface area contributed by atoms with Crippen LogP contribution in [0.1, 0.15) is 12.8 Å². The molecular weight excluding hydrogens is 323 g/mol. The third kappa shape index (κ3) is 3.31. The third-order valence-corrected chi connectivity index (χ3v) is 5.74. The van der Waals surface area contributed by atoms with Crippen molar-refractivity contribution < 1.29 is 21.6 Å². The molecular formula is C13H16F3NO2S2. The SMILES string of the molecule is CSCC1CCCN1c1ccc(S(=O)(=O)C(F)(F)F)cc1. The fraction of sp³-hybridized carbons (Fsp3) is 0.538. The van der Waals surface area contributed by atoms with Gasteiger partial charge in [-0.25, -0.2) is 8.42 Å². The number of anilines is 1. The highest BCUT2D eigenvalue weighted by atomic mass is 32.2. The summed E-state index contributed by atoms with van der Waals surface area (Å²) in [5.74, 6) is 0.947. The predicted molar refractivity (Wildman–Crippen MR) is 78.4 cm³/mol. The maximum Gasteiger partial charge on any atom is 0.501 e. The summed E-state index contributed by atoms with van der Waals surface area (Å²) in [5, 5.41) is 0. The van der Waals surface area contributed by atoms with Crippen molar-refractivity contribution in [1.82, 2.24) is 0 Å². The van der Waals surface area contributed by atoms with Crippen LogP contribution in [0.4, 0.5) is 18.9 Å². The molecule has 1 saturated heterocycles. The van der Waals surface area contributed by atoms with Gasteiger partial charge in [-0.15, -0.1) is 0 Å². The molecule has 1 fully saturated rings. The maximum absolute atomic E-state index is 12.5. The van der Waals surface area contributed by atoms with Crippen LogP contribution in [0, 0.1) is 0 Å². The van der Waals surface area contributed by atoms with Crippen LogP contribution < -0.4 is 4.90 Å². The van der Waals surface area contributed by atoms with Crippen molar-refractivity contribution in [2.75, 3.05) is 23.5 Å². The smallest absolute Gasteiger partial charge is 0.368 e. The first-order chi connectivity index (χ1) is 9.77. The van der Waals surface area contributed by atoms with Crippen LogP contribution in [0.25, 0.3) is 0 Å². The van der Waals surface area contributed by atoms with Crippen molar-refractivity contribution in [1.29, 1.82) is 0 Å². The zero-order valence-corrected chi connectivity index (χ0v) is 13.1. The van der Waals surface area contributed by atoms with Crippen molar-refractivity contribution in [3.8, 4) is 0 Å². The topological polar surface area (TPSA) is 37.4 Å². The van der Waals surface area contributed by atoms with Gasteiger partial charge in [0, 0.05) is 24.0 Å². The van der Waals surface area contributed by atoms with Crippen molar-refractivity contribution in [2.45, 2.75) is 29.3 Å². The van der Waals surface area contributed by atoms with Crippen LogP contribution in [-0.2, 0) is 9.84 Å². The molecule has 1 atom stereocenters. The van der Waals surface area contributed by atoms with Gasteiger partial charge in [0.1, 0.15) is 0 Å². The van der Waals surface area contributed by atoms with Gasteiger partial charge in [0.2, 0.25) is 0 Å². The van der Waals surface area contributed by atoms with E-state index < -0.39 is 20.2 Å². The lowest BCUT2D eigenvalue weighted by atomic mass is 10.2. The van der Waals surface area contributed by atoms with E-state index in [1.807, 2.05) is 6.26 Å². The summed E-state index contributed by atoms with van der Waals surface area (Å²) in [6.45, 7) is 0.844. The van der Waals surface area contributed by atoms with Gasteiger partial charge in [0.25, 0.3) is 9.84 Å². The zero-order valence-electron chi connectivity index (χ0n) is 11.4. The minimum atomic E-state index is -5.26. The predicted octanol–water partition coefficient (Wildman–Crippen LogP) is 3.31. The van der Waals surface area contributed by atoms with Crippen molar-refractivity contribution in [3.63, 3.8) is 0 Å². The number of halogens is 3. The van der Waals surface area contributed by atoms with Gasteiger partial charge in [-0.2, -0.15) is 24.9 Å². The molecule has 0 saturated carbocycles. The Kier molecular flexibility index (Phi) is 4.77. The molecule has 118 valence electrons. The van der Waals surface area contributed by atoms with Crippen LogP contribution in [0.5, 0.6) is 0 Å². The van der Waals surface area contributed by atoms with Crippen molar-refractivity contribution >= 4 is 27.3 Å². The molecule has 21 heavy (non-hydrogen) atoms. The molecule has 1 aliphatic rings. The summed E-state index contributed by atoms with van der Waals surface area (Å²) in [5.41, 5.74) is -4.49. The number of hydrogen-bond acceptors (Lipinski definition) is 4. The van der Waals surface area contributed by atoms with Crippen LogP contribution in [0.2, 0.25) is 0 Å². The minimum Gasteiger partial charge on any atom is -0.368 e. The Labute approximate surface area is 126 Å². The van der Waals surface area contributed by atoms with Gasteiger partial charge >= 0.3 is 5.51 Å². The van der Waals surface area contributed by atoms with E-state index >= 15 is 0 Å². The highest BCUT2D eigenvalue weighted by Crippen LogP contribution is 2.32. The molecule has 2 rings (SSSR count). The van der Waals surface area contributed by atoms with E-state index in [0.29, 0.717) is 6.04 Å².